The minimum Gasteiger partial charge on any atom is -0.395 e. The minimum absolute atomic E-state index is 0.157. The molecule has 0 saturated heterocycles. The van der Waals surface area contributed by atoms with E-state index in [9.17, 15) is 9.50 Å². The van der Waals surface area contributed by atoms with Gasteiger partial charge in [0.05, 0.1) is 6.61 Å². The fourth-order valence-corrected chi connectivity index (χ4v) is 3.26. The van der Waals surface area contributed by atoms with Crippen molar-refractivity contribution in [1.29, 1.82) is 0 Å². The molecule has 0 amide bonds. The third kappa shape index (κ3) is 2.82. The first-order valence-electron chi connectivity index (χ1n) is 7.35. The molecule has 0 unspecified atom stereocenters. The Bertz CT molecular complexity index is 419. The Morgan fingerprint density at radius 2 is 1.63 bits per heavy atom. The second-order valence-electron chi connectivity index (χ2n) is 6.16. The van der Waals surface area contributed by atoms with E-state index in [-0.39, 0.29) is 17.8 Å². The summed E-state index contributed by atoms with van der Waals surface area (Å²) >= 11 is 0. The average molecular weight is 263 g/mol. The first kappa shape index (κ1) is 13.1. The van der Waals surface area contributed by atoms with E-state index in [1.165, 1.54) is 25.0 Å². The molecule has 2 aliphatic rings. The van der Waals surface area contributed by atoms with Crippen LogP contribution in [0.1, 0.15) is 44.1 Å². The van der Waals surface area contributed by atoms with E-state index < -0.39 is 0 Å². The number of hydrogen-bond acceptors (Lipinski definition) is 2. The monoisotopic (exact) mass is 263 g/mol. The van der Waals surface area contributed by atoms with E-state index in [0.717, 1.165) is 37.3 Å². The number of rotatable bonds is 4. The summed E-state index contributed by atoms with van der Waals surface area (Å²) in [7, 11) is 0. The third-order valence-corrected chi connectivity index (χ3v) is 4.75. The molecule has 1 aromatic rings. The van der Waals surface area contributed by atoms with Crippen molar-refractivity contribution in [3.63, 3.8) is 0 Å². The predicted octanol–water partition coefficient (Wildman–Crippen LogP) is 2.75. The number of aliphatic hydroxyl groups is 1. The Labute approximate surface area is 114 Å². The van der Waals surface area contributed by atoms with Crippen molar-refractivity contribution >= 4 is 0 Å². The molecule has 2 aliphatic carbocycles. The van der Waals surface area contributed by atoms with Crippen molar-refractivity contribution in [2.24, 2.45) is 0 Å². The molecule has 0 aromatic heterocycles. The molecule has 2 saturated carbocycles. The van der Waals surface area contributed by atoms with Crippen molar-refractivity contribution in [3.05, 3.63) is 35.6 Å². The van der Waals surface area contributed by atoms with Crippen molar-refractivity contribution in [3.8, 4) is 0 Å². The van der Waals surface area contributed by atoms with Gasteiger partial charge >= 0.3 is 0 Å². The molecule has 1 aromatic carbocycles. The zero-order valence-electron chi connectivity index (χ0n) is 11.2. The van der Waals surface area contributed by atoms with Crippen molar-refractivity contribution < 1.29 is 9.50 Å². The Balaban J connectivity index is 1.68. The molecule has 2 fully saturated rings. The molecule has 0 spiro atoms. The van der Waals surface area contributed by atoms with E-state index in [2.05, 4.69) is 5.32 Å². The van der Waals surface area contributed by atoms with Crippen LogP contribution in [0.5, 0.6) is 0 Å². The quantitative estimate of drug-likeness (QED) is 0.875. The molecule has 0 radical (unpaired) electrons. The van der Waals surface area contributed by atoms with Crippen LogP contribution in [-0.2, 0) is 5.41 Å². The van der Waals surface area contributed by atoms with Gasteiger partial charge in [-0.3, -0.25) is 0 Å². The topological polar surface area (TPSA) is 32.3 Å². The summed E-state index contributed by atoms with van der Waals surface area (Å²) in [6.07, 6.45) is 6.82. The van der Waals surface area contributed by atoms with Crippen LogP contribution in [0, 0.1) is 5.82 Å². The number of halogens is 1. The summed E-state index contributed by atoms with van der Waals surface area (Å²) in [6.45, 7) is 0.161. The Morgan fingerprint density at radius 1 is 1.05 bits per heavy atom. The smallest absolute Gasteiger partial charge is 0.123 e. The van der Waals surface area contributed by atoms with Gasteiger partial charge < -0.3 is 10.4 Å². The van der Waals surface area contributed by atoms with Gasteiger partial charge in [-0.05, 0) is 56.2 Å². The van der Waals surface area contributed by atoms with Crippen molar-refractivity contribution in [1.82, 2.24) is 5.32 Å². The second kappa shape index (κ2) is 5.22. The van der Waals surface area contributed by atoms with E-state index in [1.54, 1.807) is 0 Å². The molecule has 2 nitrogen and oxygen atoms in total. The summed E-state index contributed by atoms with van der Waals surface area (Å²) in [6, 6.07) is 8.02. The van der Waals surface area contributed by atoms with Gasteiger partial charge in [-0.15, -0.1) is 0 Å². The lowest BCUT2D eigenvalue weighted by atomic mass is 9.68. The zero-order chi connectivity index (χ0) is 13.3. The normalized spacial score (nSPS) is 31.4. The van der Waals surface area contributed by atoms with Gasteiger partial charge in [0, 0.05) is 17.5 Å². The number of nitrogens with one attached hydrogen (secondary N) is 1. The molecular formula is C16H22FNO. The van der Waals surface area contributed by atoms with E-state index in [4.69, 9.17) is 0 Å². The SMILES string of the molecule is OC[C@]1(c2ccc(F)cc2)CC[C@@H](NC2CC2)CC1. The maximum atomic E-state index is 13.0. The van der Waals surface area contributed by atoms with Crippen molar-refractivity contribution in [2.75, 3.05) is 6.61 Å². The maximum Gasteiger partial charge on any atom is 0.123 e. The number of benzene rings is 1. The van der Waals surface area contributed by atoms with Gasteiger partial charge in [0.25, 0.3) is 0 Å². The van der Waals surface area contributed by atoms with E-state index in [0.29, 0.717) is 6.04 Å². The van der Waals surface area contributed by atoms with Gasteiger partial charge in [0.1, 0.15) is 5.82 Å². The Hall–Kier alpha value is -0.930. The highest BCUT2D eigenvalue weighted by atomic mass is 19.1. The van der Waals surface area contributed by atoms with Gasteiger partial charge in [-0.1, -0.05) is 12.1 Å². The van der Waals surface area contributed by atoms with Crippen LogP contribution >= 0.6 is 0 Å². The van der Waals surface area contributed by atoms with Crippen LogP contribution in [0.15, 0.2) is 24.3 Å². The fraction of sp³-hybridized carbons (Fsp3) is 0.625. The van der Waals surface area contributed by atoms with Crippen LogP contribution in [0.3, 0.4) is 0 Å². The van der Waals surface area contributed by atoms with Gasteiger partial charge in [-0.2, -0.15) is 0 Å². The minimum atomic E-state index is -0.207. The summed E-state index contributed by atoms with van der Waals surface area (Å²) in [5, 5.41) is 13.5. The summed E-state index contributed by atoms with van der Waals surface area (Å²) in [5.74, 6) is -0.207. The van der Waals surface area contributed by atoms with Crippen molar-refractivity contribution in [2.45, 2.75) is 56.0 Å². The Kier molecular flexibility index (Phi) is 3.59. The maximum absolute atomic E-state index is 13.0. The highest BCUT2D eigenvalue weighted by Gasteiger charge is 2.37. The molecule has 104 valence electrons. The molecule has 2 N–H and O–H groups in total. The standard InChI is InChI=1S/C16H22FNO/c17-13-3-1-12(2-4-13)16(11-19)9-7-15(8-10-16)18-14-5-6-14/h1-4,14-15,18-19H,5-11H2/t15-,16+. The lowest BCUT2D eigenvalue weighted by Gasteiger charge is -2.39. The molecular weight excluding hydrogens is 241 g/mol. The molecule has 0 heterocycles. The molecule has 0 atom stereocenters. The van der Waals surface area contributed by atoms with Gasteiger partial charge in [-0.25, -0.2) is 4.39 Å². The molecule has 0 bridgehead atoms. The molecule has 19 heavy (non-hydrogen) atoms. The highest BCUT2D eigenvalue weighted by molar-refractivity contribution is 5.27. The van der Waals surface area contributed by atoms with E-state index >= 15 is 0 Å². The van der Waals surface area contributed by atoms with Crippen LogP contribution in [0.25, 0.3) is 0 Å². The molecule has 3 rings (SSSR count). The van der Waals surface area contributed by atoms with Gasteiger partial charge in [0.2, 0.25) is 0 Å². The second-order valence-corrected chi connectivity index (χ2v) is 6.16. The van der Waals surface area contributed by atoms with Crippen LogP contribution in [0.2, 0.25) is 0 Å². The first-order chi connectivity index (χ1) is 9.22. The van der Waals surface area contributed by atoms with Crippen LogP contribution < -0.4 is 5.32 Å². The predicted molar refractivity (Wildman–Crippen MR) is 73.6 cm³/mol. The summed E-state index contributed by atoms with van der Waals surface area (Å²) in [4.78, 5) is 0. The van der Waals surface area contributed by atoms with Crippen LogP contribution in [0.4, 0.5) is 4.39 Å². The fourth-order valence-electron chi connectivity index (χ4n) is 3.26. The number of aliphatic hydroxyl groups excluding tert-OH is 1. The molecule has 0 aliphatic heterocycles. The third-order valence-electron chi connectivity index (χ3n) is 4.75. The lowest BCUT2D eigenvalue weighted by molar-refractivity contribution is 0.138. The highest BCUT2D eigenvalue weighted by Crippen LogP contribution is 2.39. The molecule has 3 heteroatoms. The zero-order valence-corrected chi connectivity index (χ0v) is 11.2. The average Bonchev–Trinajstić information content (AvgIpc) is 3.25. The number of hydrogen-bond donors (Lipinski definition) is 2. The van der Waals surface area contributed by atoms with Crippen LogP contribution in [-0.4, -0.2) is 23.8 Å². The lowest BCUT2D eigenvalue weighted by Crippen LogP contribution is -2.42. The van der Waals surface area contributed by atoms with Gasteiger partial charge in [0.15, 0.2) is 0 Å². The largest absolute Gasteiger partial charge is 0.395 e. The summed E-state index contributed by atoms with van der Waals surface area (Å²) < 4.78 is 13.0. The van der Waals surface area contributed by atoms with E-state index in [1.807, 2.05) is 12.1 Å². The summed E-state index contributed by atoms with van der Waals surface area (Å²) in [5.41, 5.74) is 0.927. The Morgan fingerprint density at radius 3 is 2.16 bits per heavy atom. The first-order valence-corrected chi connectivity index (χ1v) is 7.35.